The molecule has 116 valence electrons. The lowest BCUT2D eigenvalue weighted by Crippen LogP contribution is -2.10. The molecule has 0 aliphatic heterocycles. The Balaban J connectivity index is 0.00000192. The van der Waals surface area contributed by atoms with E-state index in [9.17, 15) is 4.79 Å². The highest BCUT2D eigenvalue weighted by Gasteiger charge is 2.10. The number of nitrogens with zero attached hydrogens (tertiary/aromatic N) is 1. The molecule has 0 saturated heterocycles. The van der Waals surface area contributed by atoms with E-state index in [1.165, 1.54) is 0 Å². The highest BCUT2D eigenvalue weighted by Crippen LogP contribution is 2.32. The summed E-state index contributed by atoms with van der Waals surface area (Å²) in [6.07, 6.45) is 1.63. The predicted octanol–water partition coefficient (Wildman–Crippen LogP) is 4.59. The second-order valence-electron chi connectivity index (χ2n) is 4.86. The van der Waals surface area contributed by atoms with Crippen LogP contribution in [0.2, 0.25) is 5.02 Å². The molecule has 0 fully saturated rings. The molecular weight excluding hydrogens is 331 g/mol. The Labute approximate surface area is 145 Å². The number of hydrogen-bond acceptors (Lipinski definition) is 2. The van der Waals surface area contributed by atoms with Gasteiger partial charge in [-0.25, -0.2) is 0 Å². The van der Waals surface area contributed by atoms with Gasteiger partial charge in [0.2, 0.25) is 5.91 Å². The molecule has 1 aromatic heterocycles. The Morgan fingerprint density at radius 2 is 1.61 bits per heavy atom. The molecule has 0 radical (unpaired) electrons. The fourth-order valence-electron chi connectivity index (χ4n) is 2.30. The summed E-state index contributed by atoms with van der Waals surface area (Å²) in [7, 11) is 0. The number of rotatable bonds is 3. The van der Waals surface area contributed by atoms with Crippen molar-refractivity contribution in [2.45, 2.75) is 0 Å². The molecule has 1 heterocycles. The average Bonchev–Trinajstić information content (AvgIpc) is 2.55. The van der Waals surface area contributed by atoms with Crippen LogP contribution in [0.5, 0.6) is 0 Å². The van der Waals surface area contributed by atoms with Crippen molar-refractivity contribution >= 4 is 29.9 Å². The van der Waals surface area contributed by atoms with Gasteiger partial charge in [0, 0.05) is 22.9 Å². The second-order valence-corrected chi connectivity index (χ2v) is 5.29. The monoisotopic (exact) mass is 344 g/mol. The van der Waals surface area contributed by atoms with Gasteiger partial charge < -0.3 is 5.73 Å². The minimum absolute atomic E-state index is 0. The first-order chi connectivity index (χ1) is 10.6. The highest BCUT2D eigenvalue weighted by molar-refractivity contribution is 6.30. The number of halogens is 2. The zero-order valence-corrected chi connectivity index (χ0v) is 13.6. The molecule has 23 heavy (non-hydrogen) atoms. The van der Waals surface area contributed by atoms with E-state index >= 15 is 0 Å². The number of nitrogens with two attached hydrogens (primary N) is 1. The summed E-state index contributed by atoms with van der Waals surface area (Å²) in [5, 5.41) is 0.564. The second kappa shape index (κ2) is 7.27. The molecule has 2 aromatic carbocycles. The van der Waals surface area contributed by atoms with E-state index < -0.39 is 5.91 Å². The number of primary amides is 1. The lowest BCUT2D eigenvalue weighted by atomic mass is 9.98. The van der Waals surface area contributed by atoms with Crippen molar-refractivity contribution in [2.75, 3.05) is 0 Å². The van der Waals surface area contributed by atoms with Gasteiger partial charge in [0.05, 0.1) is 10.7 Å². The molecule has 0 aliphatic rings. The number of pyridine rings is 1. The Hall–Kier alpha value is -2.36. The summed E-state index contributed by atoms with van der Waals surface area (Å²) < 4.78 is 0. The first kappa shape index (κ1) is 17.0. The molecule has 0 bridgehead atoms. The Kier molecular flexibility index (Phi) is 5.37. The first-order valence-corrected chi connectivity index (χ1v) is 7.14. The van der Waals surface area contributed by atoms with E-state index in [-0.39, 0.29) is 12.4 Å². The van der Waals surface area contributed by atoms with E-state index in [4.69, 9.17) is 17.3 Å². The van der Waals surface area contributed by atoms with Gasteiger partial charge in [0.25, 0.3) is 0 Å². The highest BCUT2D eigenvalue weighted by atomic mass is 35.5. The molecule has 3 rings (SSSR count). The van der Waals surface area contributed by atoms with Crippen LogP contribution in [-0.4, -0.2) is 10.9 Å². The van der Waals surface area contributed by atoms with Crippen molar-refractivity contribution in [1.29, 1.82) is 0 Å². The van der Waals surface area contributed by atoms with Crippen LogP contribution in [0.1, 0.15) is 10.4 Å². The average molecular weight is 345 g/mol. The molecule has 5 heteroatoms. The first-order valence-electron chi connectivity index (χ1n) is 6.76. The number of carbonyl (C=O) groups is 1. The number of hydrogen-bond donors (Lipinski definition) is 1. The predicted molar refractivity (Wildman–Crippen MR) is 95.9 cm³/mol. The van der Waals surface area contributed by atoms with Gasteiger partial charge in [-0.2, -0.15) is 0 Å². The number of aromatic nitrogens is 1. The van der Waals surface area contributed by atoms with Gasteiger partial charge in [-0.3, -0.25) is 9.78 Å². The third-order valence-electron chi connectivity index (χ3n) is 3.38. The Morgan fingerprint density at radius 1 is 0.957 bits per heavy atom. The summed E-state index contributed by atoms with van der Waals surface area (Å²) in [4.78, 5) is 15.6. The maximum absolute atomic E-state index is 11.2. The van der Waals surface area contributed by atoms with Crippen molar-refractivity contribution in [2.24, 2.45) is 5.73 Å². The Morgan fingerprint density at radius 3 is 2.22 bits per heavy atom. The SMILES string of the molecule is Cl.NC(=O)c1ccc(-c2cc(Cl)cnc2-c2ccccc2)cc1. The summed E-state index contributed by atoms with van der Waals surface area (Å²) in [5.41, 5.74) is 9.44. The lowest BCUT2D eigenvalue weighted by Gasteiger charge is -2.10. The lowest BCUT2D eigenvalue weighted by molar-refractivity contribution is 0.100. The van der Waals surface area contributed by atoms with E-state index in [1.54, 1.807) is 18.3 Å². The molecule has 3 aromatic rings. The minimum atomic E-state index is -0.445. The minimum Gasteiger partial charge on any atom is -0.366 e. The smallest absolute Gasteiger partial charge is 0.248 e. The van der Waals surface area contributed by atoms with E-state index in [0.717, 1.165) is 22.4 Å². The van der Waals surface area contributed by atoms with Crippen LogP contribution in [0, 0.1) is 0 Å². The van der Waals surface area contributed by atoms with Crippen molar-refractivity contribution in [3.05, 3.63) is 77.4 Å². The van der Waals surface area contributed by atoms with Gasteiger partial charge in [-0.1, -0.05) is 54.1 Å². The van der Waals surface area contributed by atoms with Crippen LogP contribution in [-0.2, 0) is 0 Å². The van der Waals surface area contributed by atoms with Crippen LogP contribution in [0.15, 0.2) is 66.9 Å². The normalized spacial score (nSPS) is 9.96. The molecule has 0 unspecified atom stereocenters. The molecule has 2 N–H and O–H groups in total. The van der Waals surface area contributed by atoms with Gasteiger partial charge in [-0.15, -0.1) is 12.4 Å². The topological polar surface area (TPSA) is 56.0 Å². The third kappa shape index (κ3) is 3.70. The standard InChI is InChI=1S/C18H13ClN2O.ClH/c19-15-10-16(12-6-8-14(9-7-12)18(20)22)17(21-11-15)13-4-2-1-3-5-13;/h1-11H,(H2,20,22);1H. The largest absolute Gasteiger partial charge is 0.366 e. The van der Waals surface area contributed by atoms with Crippen molar-refractivity contribution in [3.63, 3.8) is 0 Å². The van der Waals surface area contributed by atoms with Crippen molar-refractivity contribution in [1.82, 2.24) is 4.98 Å². The van der Waals surface area contributed by atoms with Gasteiger partial charge in [-0.05, 0) is 23.8 Å². The Bertz CT molecular complexity index is 818. The van der Waals surface area contributed by atoms with Crippen LogP contribution in [0.3, 0.4) is 0 Å². The zero-order valence-electron chi connectivity index (χ0n) is 12.1. The number of benzene rings is 2. The van der Waals surface area contributed by atoms with Crippen LogP contribution >= 0.6 is 24.0 Å². The van der Waals surface area contributed by atoms with E-state index in [0.29, 0.717) is 10.6 Å². The van der Waals surface area contributed by atoms with Crippen LogP contribution < -0.4 is 5.73 Å². The van der Waals surface area contributed by atoms with Crippen molar-refractivity contribution < 1.29 is 4.79 Å². The summed E-state index contributed by atoms with van der Waals surface area (Å²) in [5.74, 6) is -0.445. The van der Waals surface area contributed by atoms with Gasteiger partial charge in [0.1, 0.15) is 0 Å². The fourth-order valence-corrected chi connectivity index (χ4v) is 2.46. The molecule has 0 aliphatic carbocycles. The van der Waals surface area contributed by atoms with Crippen LogP contribution in [0.4, 0.5) is 0 Å². The quantitative estimate of drug-likeness (QED) is 0.755. The third-order valence-corrected chi connectivity index (χ3v) is 3.59. The number of carbonyl (C=O) groups excluding carboxylic acids is 1. The molecule has 0 atom stereocenters. The van der Waals surface area contributed by atoms with Crippen LogP contribution in [0.25, 0.3) is 22.4 Å². The molecule has 0 saturated carbocycles. The number of amides is 1. The van der Waals surface area contributed by atoms with Crippen molar-refractivity contribution in [3.8, 4) is 22.4 Å². The summed E-state index contributed by atoms with van der Waals surface area (Å²) in [6.45, 7) is 0. The van der Waals surface area contributed by atoms with Gasteiger partial charge >= 0.3 is 0 Å². The maximum Gasteiger partial charge on any atom is 0.248 e. The van der Waals surface area contributed by atoms with E-state index in [2.05, 4.69) is 4.98 Å². The maximum atomic E-state index is 11.2. The summed E-state index contributed by atoms with van der Waals surface area (Å²) >= 11 is 6.10. The van der Waals surface area contributed by atoms with Gasteiger partial charge in [0.15, 0.2) is 0 Å². The fraction of sp³-hybridized carbons (Fsp3) is 0. The molecular formula is C18H14Cl2N2O. The molecule has 1 amide bonds. The zero-order chi connectivity index (χ0) is 15.5. The van der Waals surface area contributed by atoms with E-state index in [1.807, 2.05) is 48.5 Å². The molecule has 0 spiro atoms. The summed E-state index contributed by atoms with van der Waals surface area (Å²) in [6, 6.07) is 18.9. The molecule has 3 nitrogen and oxygen atoms in total.